The SMILES string of the molecule is CCc1ccn2ccnc2c1F. The molecule has 2 aromatic heterocycles. The summed E-state index contributed by atoms with van der Waals surface area (Å²) in [5, 5.41) is 0. The Morgan fingerprint density at radius 2 is 2.33 bits per heavy atom. The quantitative estimate of drug-likeness (QED) is 0.630. The normalized spacial score (nSPS) is 10.8. The van der Waals surface area contributed by atoms with Crippen molar-refractivity contribution in [2.24, 2.45) is 0 Å². The summed E-state index contributed by atoms with van der Waals surface area (Å²) in [6.45, 7) is 1.93. The first-order valence-corrected chi connectivity index (χ1v) is 3.93. The van der Waals surface area contributed by atoms with Crippen LogP contribution in [0.4, 0.5) is 4.39 Å². The van der Waals surface area contributed by atoms with Gasteiger partial charge in [0.1, 0.15) is 0 Å². The zero-order chi connectivity index (χ0) is 8.55. The predicted octanol–water partition coefficient (Wildman–Crippen LogP) is 2.04. The standard InChI is InChI=1S/C9H9FN2/c1-2-7-3-5-12-6-4-11-9(12)8(7)10/h3-6H,2H2,1H3. The van der Waals surface area contributed by atoms with Crippen molar-refractivity contribution in [3.8, 4) is 0 Å². The fourth-order valence-corrected chi connectivity index (χ4v) is 1.26. The minimum absolute atomic E-state index is 0.204. The lowest BCUT2D eigenvalue weighted by molar-refractivity contribution is 0.614. The van der Waals surface area contributed by atoms with Crippen molar-refractivity contribution in [3.05, 3.63) is 36.0 Å². The highest BCUT2D eigenvalue weighted by Crippen LogP contribution is 2.12. The highest BCUT2D eigenvalue weighted by atomic mass is 19.1. The van der Waals surface area contributed by atoms with Crippen molar-refractivity contribution in [2.45, 2.75) is 13.3 Å². The van der Waals surface area contributed by atoms with Crippen molar-refractivity contribution in [2.75, 3.05) is 0 Å². The van der Waals surface area contributed by atoms with E-state index in [1.165, 1.54) is 0 Å². The number of halogens is 1. The Balaban J connectivity index is 2.78. The molecule has 2 aromatic rings. The molecule has 0 fully saturated rings. The topological polar surface area (TPSA) is 17.3 Å². The lowest BCUT2D eigenvalue weighted by atomic mass is 10.2. The zero-order valence-electron chi connectivity index (χ0n) is 6.79. The minimum atomic E-state index is -0.204. The molecular weight excluding hydrogens is 155 g/mol. The number of fused-ring (bicyclic) bond motifs is 1. The zero-order valence-corrected chi connectivity index (χ0v) is 6.79. The van der Waals surface area contributed by atoms with E-state index in [4.69, 9.17) is 0 Å². The summed E-state index contributed by atoms with van der Waals surface area (Å²) in [5.74, 6) is -0.204. The molecule has 0 saturated carbocycles. The second-order valence-electron chi connectivity index (χ2n) is 2.67. The van der Waals surface area contributed by atoms with Gasteiger partial charge in [0, 0.05) is 18.6 Å². The molecule has 2 rings (SSSR count). The third-order valence-corrected chi connectivity index (χ3v) is 1.96. The molecule has 2 nitrogen and oxygen atoms in total. The molecule has 0 atom stereocenters. The number of nitrogens with zero attached hydrogens (tertiary/aromatic N) is 2. The van der Waals surface area contributed by atoms with Crippen LogP contribution in [-0.4, -0.2) is 9.38 Å². The number of aromatic nitrogens is 2. The molecule has 0 bridgehead atoms. The Hall–Kier alpha value is -1.38. The molecule has 12 heavy (non-hydrogen) atoms. The van der Waals surface area contributed by atoms with Crippen LogP contribution in [0.2, 0.25) is 0 Å². The molecule has 0 aliphatic heterocycles. The van der Waals surface area contributed by atoms with E-state index in [0.717, 1.165) is 0 Å². The van der Waals surface area contributed by atoms with E-state index in [-0.39, 0.29) is 5.82 Å². The first-order valence-electron chi connectivity index (χ1n) is 3.93. The lowest BCUT2D eigenvalue weighted by Gasteiger charge is -2.00. The largest absolute Gasteiger partial charge is 0.305 e. The summed E-state index contributed by atoms with van der Waals surface area (Å²) >= 11 is 0. The van der Waals surface area contributed by atoms with Gasteiger partial charge in [-0.2, -0.15) is 0 Å². The summed E-state index contributed by atoms with van der Waals surface area (Å²) in [7, 11) is 0. The van der Waals surface area contributed by atoms with Crippen molar-refractivity contribution in [1.29, 1.82) is 0 Å². The molecule has 0 spiro atoms. The molecule has 2 heterocycles. The lowest BCUT2D eigenvalue weighted by Crippen LogP contribution is -1.93. The molecule has 0 N–H and O–H groups in total. The maximum absolute atomic E-state index is 13.4. The highest BCUT2D eigenvalue weighted by Gasteiger charge is 2.05. The maximum atomic E-state index is 13.4. The van der Waals surface area contributed by atoms with Gasteiger partial charge in [-0.05, 0) is 18.1 Å². The summed E-state index contributed by atoms with van der Waals surface area (Å²) in [4.78, 5) is 3.91. The Morgan fingerprint density at radius 1 is 1.50 bits per heavy atom. The van der Waals surface area contributed by atoms with Crippen LogP contribution in [0, 0.1) is 5.82 Å². The van der Waals surface area contributed by atoms with Gasteiger partial charge >= 0.3 is 0 Å². The van der Waals surface area contributed by atoms with E-state index < -0.39 is 0 Å². The van der Waals surface area contributed by atoms with Gasteiger partial charge in [0.25, 0.3) is 0 Å². The smallest absolute Gasteiger partial charge is 0.173 e. The van der Waals surface area contributed by atoms with Crippen molar-refractivity contribution in [3.63, 3.8) is 0 Å². The van der Waals surface area contributed by atoms with Crippen LogP contribution in [0.15, 0.2) is 24.7 Å². The van der Waals surface area contributed by atoms with E-state index in [1.54, 1.807) is 22.9 Å². The van der Waals surface area contributed by atoms with Crippen LogP contribution < -0.4 is 0 Å². The molecule has 0 saturated heterocycles. The van der Waals surface area contributed by atoms with Gasteiger partial charge in [-0.25, -0.2) is 9.37 Å². The van der Waals surface area contributed by atoms with Crippen LogP contribution in [0.25, 0.3) is 5.65 Å². The van der Waals surface area contributed by atoms with Gasteiger partial charge in [0.05, 0.1) is 0 Å². The number of rotatable bonds is 1. The van der Waals surface area contributed by atoms with Gasteiger partial charge in [0.2, 0.25) is 0 Å². The Morgan fingerprint density at radius 3 is 3.08 bits per heavy atom. The second kappa shape index (κ2) is 2.59. The van der Waals surface area contributed by atoms with Crippen LogP contribution in [-0.2, 0) is 6.42 Å². The van der Waals surface area contributed by atoms with Gasteiger partial charge in [0.15, 0.2) is 11.5 Å². The average molecular weight is 164 g/mol. The molecule has 0 amide bonds. The van der Waals surface area contributed by atoms with Crippen LogP contribution in [0.3, 0.4) is 0 Å². The van der Waals surface area contributed by atoms with E-state index in [9.17, 15) is 4.39 Å². The minimum Gasteiger partial charge on any atom is -0.305 e. The molecule has 3 heteroatoms. The molecule has 0 aliphatic rings. The number of aryl methyl sites for hydroxylation is 1. The van der Waals surface area contributed by atoms with Crippen LogP contribution >= 0.6 is 0 Å². The predicted molar refractivity (Wildman–Crippen MR) is 44.5 cm³/mol. The third-order valence-electron chi connectivity index (χ3n) is 1.96. The molecule has 62 valence electrons. The third kappa shape index (κ3) is 0.897. The first-order chi connectivity index (χ1) is 5.83. The molecule has 0 radical (unpaired) electrons. The summed E-state index contributed by atoms with van der Waals surface area (Å²) < 4.78 is 15.1. The number of pyridine rings is 1. The summed E-state index contributed by atoms with van der Waals surface area (Å²) in [6.07, 6.45) is 5.86. The average Bonchev–Trinajstić information content (AvgIpc) is 2.53. The van der Waals surface area contributed by atoms with Crippen molar-refractivity contribution in [1.82, 2.24) is 9.38 Å². The van der Waals surface area contributed by atoms with Crippen LogP contribution in [0.1, 0.15) is 12.5 Å². The molecule has 0 aromatic carbocycles. The van der Waals surface area contributed by atoms with E-state index in [1.807, 2.05) is 13.1 Å². The number of hydrogen-bond acceptors (Lipinski definition) is 1. The van der Waals surface area contributed by atoms with E-state index >= 15 is 0 Å². The van der Waals surface area contributed by atoms with E-state index in [2.05, 4.69) is 4.98 Å². The molecular formula is C9H9FN2. The monoisotopic (exact) mass is 164 g/mol. The highest BCUT2D eigenvalue weighted by molar-refractivity contribution is 5.43. The maximum Gasteiger partial charge on any atom is 0.173 e. The number of hydrogen-bond donors (Lipinski definition) is 0. The van der Waals surface area contributed by atoms with Gasteiger partial charge in [-0.15, -0.1) is 0 Å². The Labute approximate surface area is 69.7 Å². The van der Waals surface area contributed by atoms with Crippen molar-refractivity contribution >= 4 is 5.65 Å². The van der Waals surface area contributed by atoms with Gasteiger partial charge in [-0.1, -0.05) is 6.92 Å². The second-order valence-corrected chi connectivity index (χ2v) is 2.67. The Bertz CT molecular complexity index is 406. The number of imidazole rings is 1. The van der Waals surface area contributed by atoms with Gasteiger partial charge < -0.3 is 4.40 Å². The first kappa shape index (κ1) is 7.28. The van der Waals surface area contributed by atoms with E-state index in [0.29, 0.717) is 17.6 Å². The van der Waals surface area contributed by atoms with Crippen LogP contribution in [0.5, 0.6) is 0 Å². The fraction of sp³-hybridized carbons (Fsp3) is 0.222. The molecule has 0 unspecified atom stereocenters. The fourth-order valence-electron chi connectivity index (χ4n) is 1.26. The molecule has 0 aliphatic carbocycles. The summed E-state index contributed by atoms with van der Waals surface area (Å²) in [6, 6.07) is 1.78. The van der Waals surface area contributed by atoms with Crippen molar-refractivity contribution < 1.29 is 4.39 Å². The van der Waals surface area contributed by atoms with Gasteiger partial charge in [-0.3, -0.25) is 0 Å². The Kier molecular flexibility index (Phi) is 1.57. The summed E-state index contributed by atoms with van der Waals surface area (Å²) in [5.41, 5.74) is 1.13.